The normalized spacial score (nSPS) is 18.3. The second kappa shape index (κ2) is 5.75. The molecule has 0 saturated carbocycles. The van der Waals surface area contributed by atoms with Crippen molar-refractivity contribution in [2.24, 2.45) is 0 Å². The number of hydrogen-bond acceptors (Lipinski definition) is 5. The molecule has 1 unspecified atom stereocenters. The van der Waals surface area contributed by atoms with E-state index in [1.807, 2.05) is 18.7 Å². The Labute approximate surface area is 117 Å². The molecule has 0 bridgehead atoms. The van der Waals surface area contributed by atoms with Crippen LogP contribution in [0.2, 0.25) is 0 Å². The van der Waals surface area contributed by atoms with Crippen molar-refractivity contribution in [2.45, 2.75) is 25.1 Å². The SMILES string of the molecule is Cc1nc(CCNC2CSCc3ccccc32)no1. The van der Waals surface area contributed by atoms with Gasteiger partial charge in [-0.2, -0.15) is 16.7 Å². The average molecular weight is 275 g/mol. The summed E-state index contributed by atoms with van der Waals surface area (Å²) < 4.78 is 4.97. The summed E-state index contributed by atoms with van der Waals surface area (Å²) in [5.74, 6) is 3.66. The van der Waals surface area contributed by atoms with Crippen LogP contribution in [0.4, 0.5) is 0 Å². The zero-order chi connectivity index (χ0) is 13.1. The van der Waals surface area contributed by atoms with Crippen LogP contribution in [-0.4, -0.2) is 22.4 Å². The molecule has 1 aromatic carbocycles. The summed E-state index contributed by atoms with van der Waals surface area (Å²) in [5.41, 5.74) is 2.89. The summed E-state index contributed by atoms with van der Waals surface area (Å²) in [6.07, 6.45) is 0.806. The van der Waals surface area contributed by atoms with Crippen LogP contribution in [0.15, 0.2) is 28.8 Å². The van der Waals surface area contributed by atoms with Gasteiger partial charge in [-0.15, -0.1) is 0 Å². The summed E-state index contributed by atoms with van der Waals surface area (Å²) in [7, 11) is 0. The Morgan fingerprint density at radius 3 is 3.16 bits per heavy atom. The molecular weight excluding hydrogens is 258 g/mol. The van der Waals surface area contributed by atoms with Crippen LogP contribution in [-0.2, 0) is 12.2 Å². The van der Waals surface area contributed by atoms with E-state index in [1.54, 1.807) is 0 Å². The Bertz CT molecular complexity index is 555. The number of nitrogens with one attached hydrogen (secondary N) is 1. The van der Waals surface area contributed by atoms with Crippen LogP contribution in [0.1, 0.15) is 28.9 Å². The van der Waals surface area contributed by atoms with Gasteiger partial charge >= 0.3 is 0 Å². The number of thioether (sulfide) groups is 1. The van der Waals surface area contributed by atoms with Gasteiger partial charge in [0.05, 0.1) is 0 Å². The lowest BCUT2D eigenvalue weighted by Gasteiger charge is -2.25. The molecular formula is C14H17N3OS. The third kappa shape index (κ3) is 2.98. The zero-order valence-corrected chi connectivity index (χ0v) is 11.7. The monoisotopic (exact) mass is 275 g/mol. The maximum atomic E-state index is 4.97. The van der Waals surface area contributed by atoms with E-state index in [2.05, 4.69) is 39.7 Å². The largest absolute Gasteiger partial charge is 0.340 e. The van der Waals surface area contributed by atoms with E-state index < -0.39 is 0 Å². The van der Waals surface area contributed by atoms with Gasteiger partial charge in [0.25, 0.3) is 0 Å². The van der Waals surface area contributed by atoms with Gasteiger partial charge in [0.15, 0.2) is 5.82 Å². The lowest BCUT2D eigenvalue weighted by Crippen LogP contribution is -2.28. The van der Waals surface area contributed by atoms with E-state index in [9.17, 15) is 0 Å². The van der Waals surface area contributed by atoms with Crippen molar-refractivity contribution < 1.29 is 4.52 Å². The van der Waals surface area contributed by atoms with Gasteiger partial charge in [0.2, 0.25) is 5.89 Å². The summed E-state index contributed by atoms with van der Waals surface area (Å²) in [6.45, 7) is 2.69. The molecule has 1 aromatic heterocycles. The highest BCUT2D eigenvalue weighted by molar-refractivity contribution is 7.98. The minimum absolute atomic E-state index is 0.433. The van der Waals surface area contributed by atoms with Crippen LogP contribution < -0.4 is 5.32 Å². The molecule has 4 nitrogen and oxygen atoms in total. The van der Waals surface area contributed by atoms with Gasteiger partial charge in [-0.3, -0.25) is 0 Å². The summed E-state index contributed by atoms with van der Waals surface area (Å²) >= 11 is 1.98. The van der Waals surface area contributed by atoms with Crippen LogP contribution in [0.25, 0.3) is 0 Å². The Balaban J connectivity index is 1.59. The van der Waals surface area contributed by atoms with Crippen molar-refractivity contribution in [3.63, 3.8) is 0 Å². The standard InChI is InChI=1S/C14H17N3OS/c1-10-16-14(17-18-10)6-7-15-13-9-19-8-11-4-2-3-5-12(11)13/h2-5,13,15H,6-9H2,1H3. The average Bonchev–Trinajstić information content (AvgIpc) is 2.85. The minimum Gasteiger partial charge on any atom is -0.340 e. The maximum Gasteiger partial charge on any atom is 0.223 e. The highest BCUT2D eigenvalue weighted by Gasteiger charge is 2.19. The fourth-order valence-electron chi connectivity index (χ4n) is 2.35. The number of rotatable bonds is 4. The highest BCUT2D eigenvalue weighted by Crippen LogP contribution is 2.31. The highest BCUT2D eigenvalue weighted by atomic mass is 32.2. The van der Waals surface area contributed by atoms with Crippen molar-refractivity contribution in [3.05, 3.63) is 47.1 Å². The van der Waals surface area contributed by atoms with E-state index in [1.165, 1.54) is 11.1 Å². The second-order valence-electron chi connectivity index (χ2n) is 4.70. The van der Waals surface area contributed by atoms with Crippen molar-refractivity contribution in [2.75, 3.05) is 12.3 Å². The van der Waals surface area contributed by atoms with E-state index in [0.717, 1.165) is 30.3 Å². The fourth-order valence-corrected chi connectivity index (χ4v) is 3.49. The predicted molar refractivity (Wildman–Crippen MR) is 76.1 cm³/mol. The Morgan fingerprint density at radius 2 is 2.32 bits per heavy atom. The molecule has 0 amide bonds. The first kappa shape index (κ1) is 12.7. The van der Waals surface area contributed by atoms with Gasteiger partial charge in [-0.1, -0.05) is 29.4 Å². The van der Waals surface area contributed by atoms with E-state index in [4.69, 9.17) is 4.52 Å². The molecule has 1 aliphatic rings. The van der Waals surface area contributed by atoms with Crippen LogP contribution in [0.3, 0.4) is 0 Å². The number of nitrogens with zero attached hydrogens (tertiary/aromatic N) is 2. The number of fused-ring (bicyclic) bond motifs is 1. The number of aryl methyl sites for hydroxylation is 1. The van der Waals surface area contributed by atoms with Crippen molar-refractivity contribution in [1.82, 2.24) is 15.5 Å². The Hall–Kier alpha value is -1.33. The Morgan fingerprint density at radius 1 is 1.42 bits per heavy atom. The molecule has 5 heteroatoms. The van der Waals surface area contributed by atoms with Crippen LogP contribution in [0.5, 0.6) is 0 Å². The lowest BCUT2D eigenvalue weighted by atomic mass is 10.0. The molecule has 1 atom stereocenters. The molecule has 0 fully saturated rings. The molecule has 3 rings (SSSR count). The van der Waals surface area contributed by atoms with E-state index >= 15 is 0 Å². The minimum atomic E-state index is 0.433. The smallest absolute Gasteiger partial charge is 0.223 e. The van der Waals surface area contributed by atoms with Crippen molar-refractivity contribution >= 4 is 11.8 Å². The molecule has 2 aromatic rings. The second-order valence-corrected chi connectivity index (χ2v) is 5.73. The molecule has 0 radical (unpaired) electrons. The van der Waals surface area contributed by atoms with Gasteiger partial charge in [-0.25, -0.2) is 0 Å². The van der Waals surface area contributed by atoms with Crippen molar-refractivity contribution in [1.29, 1.82) is 0 Å². The van der Waals surface area contributed by atoms with Crippen LogP contribution >= 0.6 is 11.8 Å². The van der Waals surface area contributed by atoms with Crippen molar-refractivity contribution in [3.8, 4) is 0 Å². The first-order valence-electron chi connectivity index (χ1n) is 6.51. The molecule has 1 aliphatic heterocycles. The molecule has 0 spiro atoms. The van der Waals surface area contributed by atoms with Gasteiger partial charge in [0.1, 0.15) is 0 Å². The first-order valence-corrected chi connectivity index (χ1v) is 7.66. The topological polar surface area (TPSA) is 51.0 Å². The van der Waals surface area contributed by atoms with Crippen LogP contribution in [0, 0.1) is 6.92 Å². The molecule has 19 heavy (non-hydrogen) atoms. The lowest BCUT2D eigenvalue weighted by molar-refractivity contribution is 0.386. The Kier molecular flexibility index (Phi) is 3.84. The first-order chi connectivity index (χ1) is 9.33. The summed E-state index contributed by atoms with van der Waals surface area (Å²) in [5, 5.41) is 7.50. The zero-order valence-electron chi connectivity index (χ0n) is 10.9. The third-order valence-electron chi connectivity index (χ3n) is 3.28. The third-order valence-corrected chi connectivity index (χ3v) is 4.37. The number of benzene rings is 1. The van der Waals surface area contributed by atoms with Gasteiger partial charge in [0, 0.05) is 37.4 Å². The summed E-state index contributed by atoms with van der Waals surface area (Å²) in [4.78, 5) is 4.21. The fraction of sp³-hybridized carbons (Fsp3) is 0.429. The maximum absolute atomic E-state index is 4.97. The number of hydrogen-bond donors (Lipinski definition) is 1. The quantitative estimate of drug-likeness (QED) is 0.929. The van der Waals surface area contributed by atoms with E-state index in [-0.39, 0.29) is 0 Å². The predicted octanol–water partition coefficient (Wildman–Crippen LogP) is 2.50. The van der Waals surface area contributed by atoms with E-state index in [0.29, 0.717) is 11.9 Å². The summed E-state index contributed by atoms with van der Waals surface area (Å²) in [6, 6.07) is 9.11. The number of aromatic nitrogens is 2. The molecule has 0 aliphatic carbocycles. The van der Waals surface area contributed by atoms with Gasteiger partial charge in [-0.05, 0) is 11.1 Å². The van der Waals surface area contributed by atoms with Gasteiger partial charge < -0.3 is 9.84 Å². The molecule has 0 saturated heterocycles. The molecule has 2 heterocycles. The molecule has 1 N–H and O–H groups in total. The molecule has 100 valence electrons.